The van der Waals surface area contributed by atoms with Crippen LogP contribution in [-0.2, 0) is 0 Å². The molecule has 0 saturated heterocycles. The molecule has 2 aromatic heterocycles. The smallest absolute Gasteiger partial charge is 0.347 e. The number of hydrogen-bond donors (Lipinski definition) is 1. The van der Waals surface area contributed by atoms with E-state index in [1.807, 2.05) is 0 Å². The van der Waals surface area contributed by atoms with E-state index in [0.29, 0.717) is 4.47 Å². The number of carbonyl (C=O) groups is 1. The lowest BCUT2D eigenvalue weighted by Crippen LogP contribution is -2.10. The first-order valence-electron chi connectivity index (χ1n) is 4.72. The summed E-state index contributed by atoms with van der Waals surface area (Å²) in [6, 6.07) is 1.49. The Morgan fingerprint density at radius 3 is 2.83 bits per heavy atom. The van der Waals surface area contributed by atoms with Gasteiger partial charge in [-0.3, -0.25) is 10.1 Å². The highest BCUT2D eigenvalue weighted by Crippen LogP contribution is 2.22. The number of pyridine rings is 1. The minimum absolute atomic E-state index is 0.149. The van der Waals surface area contributed by atoms with Gasteiger partial charge in [-0.05, 0) is 22.0 Å². The Morgan fingerprint density at radius 2 is 2.17 bits per heavy atom. The number of aromatic amines is 1. The van der Waals surface area contributed by atoms with Gasteiger partial charge in [0.1, 0.15) is 11.3 Å². The van der Waals surface area contributed by atoms with Crippen molar-refractivity contribution in [2.24, 2.45) is 0 Å². The van der Waals surface area contributed by atoms with E-state index in [1.165, 1.54) is 18.5 Å². The number of aromatic nitrogens is 3. The van der Waals surface area contributed by atoms with E-state index in [9.17, 15) is 13.6 Å². The molecule has 0 spiro atoms. The number of hydrogen-bond acceptors (Lipinski definition) is 4. The number of esters is 1. The second-order valence-electron chi connectivity index (χ2n) is 3.23. The summed E-state index contributed by atoms with van der Waals surface area (Å²) in [5.74, 6) is -0.769. The molecular formula is C10H6BrF2N3O2. The highest BCUT2D eigenvalue weighted by Gasteiger charge is 2.22. The average Bonchev–Trinajstić information content (AvgIpc) is 2.77. The van der Waals surface area contributed by atoms with E-state index in [1.54, 1.807) is 0 Å². The largest absolute Gasteiger partial charge is 0.421 e. The van der Waals surface area contributed by atoms with Crippen LogP contribution in [0, 0.1) is 0 Å². The summed E-state index contributed by atoms with van der Waals surface area (Å²) in [6.07, 6.45) is 0.968. The first kappa shape index (κ1) is 12.6. The molecule has 0 atom stereocenters. The van der Waals surface area contributed by atoms with Crippen molar-refractivity contribution in [1.29, 1.82) is 0 Å². The maximum Gasteiger partial charge on any atom is 0.347 e. The molecule has 1 N–H and O–H groups in total. The van der Waals surface area contributed by atoms with Gasteiger partial charge in [0.05, 0.1) is 12.4 Å². The zero-order valence-electron chi connectivity index (χ0n) is 8.73. The van der Waals surface area contributed by atoms with Gasteiger partial charge in [0.15, 0.2) is 5.75 Å². The molecule has 94 valence electrons. The molecule has 2 aromatic rings. The first-order chi connectivity index (χ1) is 8.58. The van der Waals surface area contributed by atoms with E-state index in [0.717, 1.165) is 6.20 Å². The number of nitrogens with one attached hydrogen (secondary N) is 1. The number of carbonyl (C=O) groups excluding carboxylic acids is 1. The molecule has 0 fully saturated rings. The van der Waals surface area contributed by atoms with Crippen molar-refractivity contribution in [2.75, 3.05) is 0 Å². The minimum atomic E-state index is -2.82. The molecule has 0 aliphatic heterocycles. The number of nitrogens with zero attached hydrogens (tertiary/aromatic N) is 2. The molecule has 0 aliphatic rings. The first-order valence-corrected chi connectivity index (χ1v) is 5.51. The number of alkyl halides is 2. The standard InChI is InChI=1S/C10H6BrF2N3O2/c11-5-1-6(3-14-2-5)18-10(17)7-4-15-16-8(7)9(12)13/h1-4,9H,(H,15,16). The van der Waals surface area contributed by atoms with Gasteiger partial charge in [-0.25, -0.2) is 13.6 Å². The van der Waals surface area contributed by atoms with Crippen LogP contribution in [0.1, 0.15) is 22.5 Å². The zero-order chi connectivity index (χ0) is 13.1. The summed E-state index contributed by atoms with van der Waals surface area (Å²) in [6.45, 7) is 0. The van der Waals surface area contributed by atoms with E-state index in [2.05, 4.69) is 31.1 Å². The summed E-state index contributed by atoms with van der Waals surface area (Å²) in [5, 5.41) is 5.45. The van der Waals surface area contributed by atoms with Crippen molar-refractivity contribution < 1.29 is 18.3 Å². The van der Waals surface area contributed by atoms with Crippen molar-refractivity contribution in [1.82, 2.24) is 15.2 Å². The predicted octanol–water partition coefficient (Wildman–Crippen LogP) is 2.72. The van der Waals surface area contributed by atoms with E-state index < -0.39 is 18.1 Å². The maximum atomic E-state index is 12.5. The summed E-state index contributed by atoms with van der Waals surface area (Å²) in [5.41, 5.74) is -0.868. The SMILES string of the molecule is O=C(Oc1cncc(Br)c1)c1cn[nH]c1C(F)F. The van der Waals surface area contributed by atoms with Gasteiger partial charge in [-0.1, -0.05) is 0 Å². The molecule has 5 nitrogen and oxygen atoms in total. The number of H-pyrrole nitrogens is 1. The van der Waals surface area contributed by atoms with Gasteiger partial charge < -0.3 is 4.74 Å². The van der Waals surface area contributed by atoms with E-state index in [4.69, 9.17) is 4.74 Å². The van der Waals surface area contributed by atoms with Crippen molar-refractivity contribution in [3.05, 3.63) is 40.4 Å². The number of ether oxygens (including phenoxy) is 1. The topological polar surface area (TPSA) is 67.9 Å². The van der Waals surface area contributed by atoms with E-state index in [-0.39, 0.29) is 11.3 Å². The molecule has 0 amide bonds. The average molecular weight is 318 g/mol. The third-order valence-corrected chi connectivity index (χ3v) is 2.43. The van der Waals surface area contributed by atoms with Crippen LogP contribution in [-0.4, -0.2) is 21.2 Å². The van der Waals surface area contributed by atoms with Crippen LogP contribution < -0.4 is 4.74 Å². The molecule has 18 heavy (non-hydrogen) atoms. The number of halogens is 3. The van der Waals surface area contributed by atoms with Crippen LogP contribution in [0.15, 0.2) is 29.1 Å². The second-order valence-corrected chi connectivity index (χ2v) is 4.14. The summed E-state index contributed by atoms with van der Waals surface area (Å²) < 4.78 is 30.6. The Morgan fingerprint density at radius 1 is 1.39 bits per heavy atom. The lowest BCUT2D eigenvalue weighted by molar-refractivity contribution is 0.0721. The predicted molar refractivity (Wildman–Crippen MR) is 60.4 cm³/mol. The fourth-order valence-electron chi connectivity index (χ4n) is 1.24. The van der Waals surface area contributed by atoms with Crippen molar-refractivity contribution in [3.63, 3.8) is 0 Å². The quantitative estimate of drug-likeness (QED) is 0.884. The summed E-state index contributed by atoms with van der Waals surface area (Å²) in [7, 11) is 0. The highest BCUT2D eigenvalue weighted by atomic mass is 79.9. The second kappa shape index (κ2) is 5.21. The van der Waals surface area contributed by atoms with Gasteiger partial charge in [0.25, 0.3) is 6.43 Å². The lowest BCUT2D eigenvalue weighted by Gasteiger charge is -2.04. The van der Waals surface area contributed by atoms with Gasteiger partial charge in [-0.15, -0.1) is 0 Å². The normalized spacial score (nSPS) is 10.7. The van der Waals surface area contributed by atoms with Crippen LogP contribution in [0.5, 0.6) is 5.75 Å². The molecule has 0 radical (unpaired) electrons. The summed E-state index contributed by atoms with van der Waals surface area (Å²) >= 11 is 3.15. The van der Waals surface area contributed by atoms with Gasteiger partial charge in [-0.2, -0.15) is 5.10 Å². The molecule has 0 unspecified atom stereocenters. The van der Waals surface area contributed by atoms with Crippen molar-refractivity contribution in [2.45, 2.75) is 6.43 Å². The molecular weight excluding hydrogens is 312 g/mol. The Hall–Kier alpha value is -1.83. The van der Waals surface area contributed by atoms with Crippen LogP contribution in [0.25, 0.3) is 0 Å². The lowest BCUT2D eigenvalue weighted by atomic mass is 10.2. The van der Waals surface area contributed by atoms with Crippen LogP contribution in [0.3, 0.4) is 0 Å². The van der Waals surface area contributed by atoms with Gasteiger partial charge in [0, 0.05) is 10.7 Å². The zero-order valence-corrected chi connectivity index (χ0v) is 10.3. The van der Waals surface area contributed by atoms with Gasteiger partial charge >= 0.3 is 5.97 Å². The van der Waals surface area contributed by atoms with Gasteiger partial charge in [0.2, 0.25) is 0 Å². The van der Waals surface area contributed by atoms with Crippen LogP contribution in [0.4, 0.5) is 8.78 Å². The molecule has 2 heterocycles. The Kier molecular flexibility index (Phi) is 3.66. The third-order valence-electron chi connectivity index (χ3n) is 2.00. The molecule has 0 aliphatic carbocycles. The van der Waals surface area contributed by atoms with Crippen LogP contribution >= 0.6 is 15.9 Å². The van der Waals surface area contributed by atoms with E-state index >= 15 is 0 Å². The minimum Gasteiger partial charge on any atom is -0.421 e. The highest BCUT2D eigenvalue weighted by molar-refractivity contribution is 9.10. The summed E-state index contributed by atoms with van der Waals surface area (Å²) in [4.78, 5) is 15.4. The fraction of sp³-hybridized carbons (Fsp3) is 0.100. The Labute approximate surface area is 108 Å². The molecule has 0 saturated carbocycles. The fourth-order valence-corrected chi connectivity index (χ4v) is 1.58. The van der Waals surface area contributed by atoms with Crippen molar-refractivity contribution >= 4 is 21.9 Å². The Bertz CT molecular complexity index is 574. The monoisotopic (exact) mass is 317 g/mol. The molecule has 8 heteroatoms. The van der Waals surface area contributed by atoms with Crippen LogP contribution in [0.2, 0.25) is 0 Å². The van der Waals surface area contributed by atoms with Crippen molar-refractivity contribution in [3.8, 4) is 5.75 Å². The third kappa shape index (κ3) is 2.70. The molecule has 0 aromatic carbocycles. The Balaban J connectivity index is 2.20. The molecule has 0 bridgehead atoms. The maximum absolute atomic E-state index is 12.5. The molecule has 2 rings (SSSR count). The number of rotatable bonds is 3.